The monoisotopic (exact) mass is 246 g/mol. The zero-order chi connectivity index (χ0) is 10.3. The van der Waals surface area contributed by atoms with Gasteiger partial charge in [-0.3, -0.25) is 0 Å². The summed E-state index contributed by atoms with van der Waals surface area (Å²) in [5.41, 5.74) is 0. The molecule has 0 rings (SSSR count). The fourth-order valence-electron chi connectivity index (χ4n) is 1.51. The molecule has 0 aliphatic carbocycles. The molecule has 0 saturated heterocycles. The molecule has 3 heteroatoms. The molecular formula is C10H20GeO2. The second-order valence-electron chi connectivity index (χ2n) is 3.27. The number of carbonyl (C=O) groups is 1. The molecule has 76 valence electrons. The summed E-state index contributed by atoms with van der Waals surface area (Å²) in [6, 6.07) is 0. The number of hydrogen-bond acceptors (Lipinski definition) is 2. The van der Waals surface area contributed by atoms with E-state index in [1.807, 2.05) is 0 Å². The second kappa shape index (κ2) is 6.24. The minimum absolute atomic E-state index is 0.225. The van der Waals surface area contributed by atoms with Gasteiger partial charge in [-0.15, -0.1) is 0 Å². The van der Waals surface area contributed by atoms with E-state index in [0.717, 1.165) is 22.2 Å². The summed E-state index contributed by atoms with van der Waals surface area (Å²) < 4.78 is 5.56. The number of rotatable bonds is 6. The van der Waals surface area contributed by atoms with Gasteiger partial charge in [-0.05, 0) is 0 Å². The van der Waals surface area contributed by atoms with Crippen LogP contribution in [0, 0.1) is 0 Å². The Morgan fingerprint density at radius 2 is 1.92 bits per heavy atom. The molecule has 0 heterocycles. The van der Waals surface area contributed by atoms with Crippen LogP contribution in [0.25, 0.3) is 0 Å². The van der Waals surface area contributed by atoms with E-state index >= 15 is 0 Å². The molecule has 0 spiro atoms. The van der Waals surface area contributed by atoms with Gasteiger partial charge in [-0.2, -0.15) is 0 Å². The molecule has 0 amide bonds. The van der Waals surface area contributed by atoms with E-state index in [0.29, 0.717) is 0 Å². The Morgan fingerprint density at radius 3 is 2.23 bits per heavy atom. The van der Waals surface area contributed by atoms with Crippen molar-refractivity contribution in [2.75, 3.05) is 0 Å². The molecule has 0 radical (unpaired) electrons. The minimum atomic E-state index is -2.27. The molecule has 0 unspecified atom stereocenters. The summed E-state index contributed by atoms with van der Waals surface area (Å²) in [6.07, 6.45) is 2.40. The van der Waals surface area contributed by atoms with Crippen LogP contribution in [0.3, 0.4) is 0 Å². The van der Waals surface area contributed by atoms with Gasteiger partial charge < -0.3 is 0 Å². The van der Waals surface area contributed by atoms with Crippen LogP contribution in [-0.4, -0.2) is 19.6 Å². The van der Waals surface area contributed by atoms with Gasteiger partial charge in [0.05, 0.1) is 0 Å². The van der Waals surface area contributed by atoms with Crippen molar-refractivity contribution in [1.82, 2.24) is 0 Å². The van der Waals surface area contributed by atoms with Crippen molar-refractivity contribution in [1.29, 1.82) is 0 Å². The molecule has 13 heavy (non-hydrogen) atoms. The van der Waals surface area contributed by atoms with Crippen LogP contribution >= 0.6 is 0 Å². The summed E-state index contributed by atoms with van der Waals surface area (Å²) >= 11 is -2.27. The van der Waals surface area contributed by atoms with E-state index < -0.39 is 13.6 Å². The summed E-state index contributed by atoms with van der Waals surface area (Å²) in [6.45, 7) is 9.84. The predicted octanol–water partition coefficient (Wildman–Crippen LogP) is 3.11. The van der Waals surface area contributed by atoms with Crippen LogP contribution in [0.1, 0.15) is 27.2 Å². The molecule has 0 aliphatic rings. The van der Waals surface area contributed by atoms with Gasteiger partial charge in [0.1, 0.15) is 0 Å². The molecule has 0 atom stereocenters. The maximum absolute atomic E-state index is 11.1. The Balaban J connectivity index is 4.36. The van der Waals surface area contributed by atoms with Crippen molar-refractivity contribution in [3.05, 3.63) is 12.7 Å². The molecule has 0 bridgehead atoms. The van der Waals surface area contributed by atoms with Crippen LogP contribution in [0.4, 0.5) is 0 Å². The Bertz CT molecular complexity index is 174. The summed E-state index contributed by atoms with van der Waals surface area (Å²) in [4.78, 5) is 11.1. The Labute approximate surface area is 84.1 Å². The molecule has 0 aliphatic heterocycles. The standard InChI is InChI=1S/C10H20GeO2/c1-5-9-11(7-3,8-4)13-10(12)6-2/h6H,2,5,7-9H2,1,3-4H3. The first kappa shape index (κ1) is 12.8. The third kappa shape index (κ3) is 3.98. The van der Waals surface area contributed by atoms with Gasteiger partial charge >= 0.3 is 83.7 Å². The Morgan fingerprint density at radius 1 is 1.38 bits per heavy atom. The predicted molar refractivity (Wildman–Crippen MR) is 58.1 cm³/mol. The van der Waals surface area contributed by atoms with Crippen molar-refractivity contribution in [2.24, 2.45) is 0 Å². The third-order valence-electron chi connectivity index (χ3n) is 2.48. The van der Waals surface area contributed by atoms with Gasteiger partial charge in [0.15, 0.2) is 0 Å². The average Bonchev–Trinajstić information content (AvgIpc) is 2.17. The van der Waals surface area contributed by atoms with E-state index in [1.165, 1.54) is 6.08 Å². The number of carbonyl (C=O) groups excluding carboxylic acids is 1. The second-order valence-corrected chi connectivity index (χ2v) is 12.7. The SMILES string of the molecule is C=CC(=O)[O][Ge]([CH2]C)([CH2]C)[CH2]CC. The van der Waals surface area contributed by atoms with E-state index in [-0.39, 0.29) is 5.97 Å². The summed E-state index contributed by atoms with van der Waals surface area (Å²) in [5.74, 6) is -0.225. The summed E-state index contributed by atoms with van der Waals surface area (Å²) in [5, 5.41) is 3.24. The molecule has 0 N–H and O–H groups in total. The summed E-state index contributed by atoms with van der Waals surface area (Å²) in [7, 11) is 0. The van der Waals surface area contributed by atoms with Gasteiger partial charge in [0, 0.05) is 0 Å². The fourth-order valence-corrected chi connectivity index (χ4v) is 7.84. The first-order valence-corrected chi connectivity index (χ1v) is 10.3. The van der Waals surface area contributed by atoms with Crippen LogP contribution in [0.15, 0.2) is 12.7 Å². The third-order valence-corrected chi connectivity index (χ3v) is 12.2. The molecular weight excluding hydrogens is 225 g/mol. The van der Waals surface area contributed by atoms with E-state index in [2.05, 4.69) is 27.4 Å². The van der Waals surface area contributed by atoms with Crippen LogP contribution in [-0.2, 0) is 8.56 Å². The first-order valence-electron chi connectivity index (χ1n) is 4.99. The first-order chi connectivity index (χ1) is 6.14. The van der Waals surface area contributed by atoms with Crippen molar-refractivity contribution in [2.45, 2.75) is 43.0 Å². The topological polar surface area (TPSA) is 26.3 Å². The van der Waals surface area contributed by atoms with Crippen molar-refractivity contribution < 1.29 is 8.56 Å². The van der Waals surface area contributed by atoms with Crippen LogP contribution < -0.4 is 0 Å². The number of hydrogen-bond donors (Lipinski definition) is 0. The Kier molecular flexibility index (Phi) is 6.12. The van der Waals surface area contributed by atoms with Gasteiger partial charge in [0.25, 0.3) is 0 Å². The zero-order valence-corrected chi connectivity index (χ0v) is 11.0. The van der Waals surface area contributed by atoms with E-state index in [4.69, 9.17) is 3.76 Å². The van der Waals surface area contributed by atoms with Gasteiger partial charge in [0.2, 0.25) is 0 Å². The quantitative estimate of drug-likeness (QED) is 0.530. The molecule has 0 fully saturated rings. The van der Waals surface area contributed by atoms with Gasteiger partial charge in [-0.1, -0.05) is 0 Å². The van der Waals surface area contributed by atoms with Crippen molar-refractivity contribution in [3.8, 4) is 0 Å². The van der Waals surface area contributed by atoms with Crippen molar-refractivity contribution >= 4 is 19.6 Å². The molecule has 0 aromatic carbocycles. The van der Waals surface area contributed by atoms with Crippen LogP contribution in [0.5, 0.6) is 0 Å². The van der Waals surface area contributed by atoms with Gasteiger partial charge in [-0.25, -0.2) is 0 Å². The van der Waals surface area contributed by atoms with E-state index in [9.17, 15) is 4.79 Å². The fraction of sp³-hybridized carbons (Fsp3) is 0.700. The van der Waals surface area contributed by atoms with Crippen molar-refractivity contribution in [3.63, 3.8) is 0 Å². The average molecular weight is 245 g/mol. The Hall–Kier alpha value is -0.247. The zero-order valence-electron chi connectivity index (χ0n) is 8.93. The normalized spacial score (nSPS) is 11.0. The molecule has 0 saturated carbocycles. The molecule has 2 nitrogen and oxygen atoms in total. The van der Waals surface area contributed by atoms with E-state index in [1.54, 1.807) is 0 Å². The molecule has 0 aromatic heterocycles. The van der Waals surface area contributed by atoms with Crippen LogP contribution in [0.2, 0.25) is 15.8 Å². The molecule has 0 aromatic rings. The maximum atomic E-state index is 11.1.